The van der Waals surface area contributed by atoms with Crippen LogP contribution in [-0.2, 0) is 14.3 Å². The third-order valence-corrected chi connectivity index (χ3v) is 4.72. The fraction of sp³-hybridized carbons (Fsp3) is 0.188. The van der Waals surface area contributed by atoms with Gasteiger partial charge >= 0.3 is 0 Å². The molecule has 1 aromatic heterocycles. The van der Waals surface area contributed by atoms with E-state index in [4.69, 9.17) is 16.8 Å². The second kappa shape index (κ2) is 6.18. The number of nitrogens with zero attached hydrogens (tertiary/aromatic N) is 1. The van der Waals surface area contributed by atoms with Crippen molar-refractivity contribution < 1.29 is 17.3 Å². The molecular formula is C16H14BNO4S. The zero-order valence-electron chi connectivity index (χ0n) is 12.5. The molecule has 3 rings (SSSR count). The number of hydrogen-bond acceptors (Lipinski definition) is 5. The maximum atomic E-state index is 12.2. The Morgan fingerprint density at radius 1 is 1.26 bits per heavy atom. The third-order valence-electron chi connectivity index (χ3n) is 3.42. The van der Waals surface area contributed by atoms with E-state index in [0.29, 0.717) is 5.75 Å². The summed E-state index contributed by atoms with van der Waals surface area (Å²) in [7, 11) is 1.94. The van der Waals surface area contributed by atoms with Gasteiger partial charge in [-0.25, -0.2) is 0 Å². The molecule has 0 N–H and O–H groups in total. The predicted octanol–water partition coefficient (Wildman–Crippen LogP) is 1.36. The van der Waals surface area contributed by atoms with E-state index >= 15 is 0 Å². The molecule has 1 aliphatic heterocycles. The normalized spacial score (nSPS) is 16.7. The van der Waals surface area contributed by atoms with Crippen molar-refractivity contribution in [3.63, 3.8) is 0 Å². The number of hydrogen-bond donors (Lipinski definition) is 0. The zero-order valence-corrected chi connectivity index (χ0v) is 13.3. The van der Waals surface area contributed by atoms with Gasteiger partial charge in [0.05, 0.1) is 4.90 Å². The van der Waals surface area contributed by atoms with E-state index in [1.54, 1.807) is 30.5 Å². The fourth-order valence-electron chi connectivity index (χ4n) is 2.16. The van der Waals surface area contributed by atoms with Gasteiger partial charge in [-0.05, 0) is 31.2 Å². The lowest BCUT2D eigenvalue weighted by molar-refractivity contribution is 0.166. The van der Waals surface area contributed by atoms with Crippen LogP contribution in [0.25, 0.3) is 6.08 Å². The molecule has 0 bridgehead atoms. The minimum atomic E-state index is -3.82. The van der Waals surface area contributed by atoms with Crippen LogP contribution in [0.1, 0.15) is 11.1 Å². The van der Waals surface area contributed by atoms with Crippen molar-refractivity contribution in [3.05, 3.63) is 53.7 Å². The average Bonchev–Trinajstić information content (AvgIpc) is 2.54. The van der Waals surface area contributed by atoms with Crippen molar-refractivity contribution in [3.8, 4) is 5.75 Å². The Labute approximate surface area is 136 Å². The van der Waals surface area contributed by atoms with Crippen molar-refractivity contribution in [1.29, 1.82) is 0 Å². The molecule has 116 valence electrons. The maximum Gasteiger partial charge on any atom is 0.297 e. The van der Waals surface area contributed by atoms with Crippen molar-refractivity contribution in [2.45, 2.75) is 17.9 Å². The molecule has 5 nitrogen and oxygen atoms in total. The Bertz CT molecular complexity index is 847. The first-order chi connectivity index (χ1) is 11.0. The summed E-state index contributed by atoms with van der Waals surface area (Å²) in [5.74, 6) is 0.441. The standard InChI is InChI=1S/C16H14BNO4S/c1-11-2-6-14(7-3-11)23(19,20)21-10-13-5-4-12-8-9-18-16(17)15(12)22-13/h2-9,13H,10H2,1H3/t13-/m1/s1. The summed E-state index contributed by atoms with van der Waals surface area (Å²) < 4.78 is 35.1. The molecule has 7 heteroatoms. The highest BCUT2D eigenvalue weighted by Gasteiger charge is 2.21. The van der Waals surface area contributed by atoms with Crippen molar-refractivity contribution >= 4 is 29.6 Å². The van der Waals surface area contributed by atoms with E-state index in [-0.39, 0.29) is 17.1 Å². The quantitative estimate of drug-likeness (QED) is 0.627. The van der Waals surface area contributed by atoms with Crippen LogP contribution in [0.4, 0.5) is 0 Å². The van der Waals surface area contributed by atoms with Crippen LogP contribution in [0.3, 0.4) is 0 Å². The van der Waals surface area contributed by atoms with E-state index < -0.39 is 16.2 Å². The second-order valence-corrected chi connectivity index (χ2v) is 6.80. The lowest BCUT2D eigenvalue weighted by Crippen LogP contribution is -2.28. The summed E-state index contributed by atoms with van der Waals surface area (Å²) >= 11 is 0. The molecule has 1 aliphatic rings. The summed E-state index contributed by atoms with van der Waals surface area (Å²) in [5, 5.41) is 0. The molecule has 0 aliphatic carbocycles. The van der Waals surface area contributed by atoms with Crippen molar-refractivity contribution in [2.24, 2.45) is 0 Å². The van der Waals surface area contributed by atoms with Gasteiger partial charge in [0.1, 0.15) is 26.3 Å². The minimum Gasteiger partial charge on any atom is -0.482 e. The van der Waals surface area contributed by atoms with Crippen LogP contribution in [-0.4, -0.2) is 34.0 Å². The van der Waals surface area contributed by atoms with Gasteiger partial charge in [0.15, 0.2) is 0 Å². The van der Waals surface area contributed by atoms with Crippen LogP contribution in [0.2, 0.25) is 0 Å². The summed E-state index contributed by atoms with van der Waals surface area (Å²) in [6.45, 7) is 1.74. The molecular weight excluding hydrogens is 313 g/mol. The van der Waals surface area contributed by atoms with Gasteiger partial charge in [0.25, 0.3) is 10.1 Å². The molecule has 0 unspecified atom stereocenters. The largest absolute Gasteiger partial charge is 0.482 e. The Kier molecular flexibility index (Phi) is 4.23. The van der Waals surface area contributed by atoms with E-state index in [1.807, 2.05) is 13.0 Å². The first-order valence-electron chi connectivity index (χ1n) is 7.01. The van der Waals surface area contributed by atoms with Crippen LogP contribution in [0.5, 0.6) is 5.75 Å². The Morgan fingerprint density at radius 3 is 2.74 bits per heavy atom. The van der Waals surface area contributed by atoms with Crippen LogP contribution in [0, 0.1) is 6.92 Å². The summed E-state index contributed by atoms with van der Waals surface area (Å²) in [4.78, 5) is 4.07. The first-order valence-corrected chi connectivity index (χ1v) is 8.42. The van der Waals surface area contributed by atoms with E-state index in [0.717, 1.165) is 11.1 Å². The van der Waals surface area contributed by atoms with Gasteiger partial charge in [-0.3, -0.25) is 9.17 Å². The van der Waals surface area contributed by atoms with Gasteiger partial charge in [-0.15, -0.1) is 0 Å². The lowest BCUT2D eigenvalue weighted by Gasteiger charge is -2.22. The van der Waals surface area contributed by atoms with Crippen molar-refractivity contribution in [1.82, 2.24) is 4.98 Å². The molecule has 0 amide bonds. The molecule has 0 spiro atoms. The highest BCUT2D eigenvalue weighted by atomic mass is 32.2. The number of aromatic nitrogens is 1. The number of rotatable bonds is 4. The fourth-order valence-corrected chi connectivity index (χ4v) is 3.08. The van der Waals surface area contributed by atoms with E-state index in [9.17, 15) is 8.42 Å². The molecule has 0 fully saturated rings. The summed E-state index contributed by atoms with van der Waals surface area (Å²) in [6, 6.07) is 8.23. The maximum absolute atomic E-state index is 12.2. The van der Waals surface area contributed by atoms with Gasteiger partial charge in [0, 0.05) is 17.4 Å². The van der Waals surface area contributed by atoms with Crippen LogP contribution < -0.4 is 10.3 Å². The second-order valence-electron chi connectivity index (χ2n) is 5.18. The Morgan fingerprint density at radius 2 is 2.00 bits per heavy atom. The molecule has 23 heavy (non-hydrogen) atoms. The zero-order chi connectivity index (χ0) is 16.4. The topological polar surface area (TPSA) is 65.5 Å². The number of benzene rings is 1. The van der Waals surface area contributed by atoms with E-state index in [2.05, 4.69) is 4.98 Å². The summed E-state index contributed by atoms with van der Waals surface area (Å²) in [6.07, 6.45) is 4.57. The first kappa shape index (κ1) is 15.8. The highest BCUT2D eigenvalue weighted by molar-refractivity contribution is 7.86. The number of fused-ring (bicyclic) bond motifs is 1. The Hall–Kier alpha value is -2.12. The molecule has 1 atom stereocenters. The number of ether oxygens (including phenoxy) is 1. The molecule has 0 saturated heterocycles. The van der Waals surface area contributed by atoms with Gasteiger partial charge in [-0.2, -0.15) is 8.42 Å². The van der Waals surface area contributed by atoms with Gasteiger partial charge in [-0.1, -0.05) is 23.8 Å². The monoisotopic (exact) mass is 327 g/mol. The molecule has 2 radical (unpaired) electrons. The molecule has 1 aromatic carbocycles. The van der Waals surface area contributed by atoms with E-state index in [1.165, 1.54) is 12.1 Å². The number of aryl methyl sites for hydroxylation is 1. The SMILES string of the molecule is [B]c1nccc2c1O[C@@H](COS(=O)(=O)c1ccc(C)cc1)C=C2. The van der Waals surface area contributed by atoms with Gasteiger partial charge in [0.2, 0.25) is 0 Å². The smallest absolute Gasteiger partial charge is 0.297 e. The average molecular weight is 327 g/mol. The predicted molar refractivity (Wildman–Crippen MR) is 87.4 cm³/mol. The Balaban J connectivity index is 1.70. The highest BCUT2D eigenvalue weighted by Crippen LogP contribution is 2.23. The van der Waals surface area contributed by atoms with Crippen molar-refractivity contribution in [2.75, 3.05) is 6.61 Å². The molecule has 2 heterocycles. The van der Waals surface area contributed by atoms with Crippen LogP contribution in [0.15, 0.2) is 47.5 Å². The number of pyridine rings is 1. The molecule has 0 saturated carbocycles. The lowest BCUT2D eigenvalue weighted by atomic mass is 9.98. The molecule has 2 aromatic rings. The minimum absolute atomic E-state index is 0.115. The van der Waals surface area contributed by atoms with Gasteiger partial charge < -0.3 is 4.74 Å². The third kappa shape index (κ3) is 3.46. The van der Waals surface area contributed by atoms with Crippen LogP contribution >= 0.6 is 0 Å². The summed E-state index contributed by atoms with van der Waals surface area (Å²) in [5.41, 5.74) is 2.04.